The second kappa shape index (κ2) is 6.02. The molecule has 5 heteroatoms. The van der Waals surface area contributed by atoms with E-state index >= 15 is 0 Å². The molecule has 0 radical (unpaired) electrons. The number of hydrogen-bond acceptors (Lipinski definition) is 4. The average Bonchev–Trinajstić information content (AvgIpc) is 3.29. The van der Waals surface area contributed by atoms with E-state index in [1.54, 1.807) is 12.1 Å². The molecule has 2 heterocycles. The van der Waals surface area contributed by atoms with Crippen molar-refractivity contribution < 1.29 is 4.92 Å². The van der Waals surface area contributed by atoms with Crippen LogP contribution in [0.5, 0.6) is 0 Å². The van der Waals surface area contributed by atoms with Crippen LogP contribution < -0.4 is 0 Å². The zero-order chi connectivity index (χ0) is 18.5. The van der Waals surface area contributed by atoms with Crippen molar-refractivity contribution in [2.45, 2.75) is 44.9 Å². The normalized spacial score (nSPS) is 29.4. The lowest BCUT2D eigenvalue weighted by Gasteiger charge is -2.28. The van der Waals surface area contributed by atoms with E-state index in [9.17, 15) is 10.1 Å². The molecule has 0 aliphatic carbocycles. The van der Waals surface area contributed by atoms with E-state index in [1.807, 2.05) is 30.3 Å². The summed E-state index contributed by atoms with van der Waals surface area (Å²) < 4.78 is 0. The number of non-ortho nitro benzene ring substituents is 1. The first kappa shape index (κ1) is 16.9. The molecule has 134 valence electrons. The SMILES string of the molecule is CC(C)CC1(C)N=C(c2ccccc2)C2C(c3ccc([N+](=O)[O-])cc3)N21. The van der Waals surface area contributed by atoms with Crippen LogP contribution in [0.3, 0.4) is 0 Å². The lowest BCUT2D eigenvalue weighted by atomic mass is 9.97. The summed E-state index contributed by atoms with van der Waals surface area (Å²) in [7, 11) is 0. The predicted molar refractivity (Wildman–Crippen MR) is 102 cm³/mol. The smallest absolute Gasteiger partial charge is 0.265 e. The van der Waals surface area contributed by atoms with E-state index in [-0.39, 0.29) is 28.4 Å². The van der Waals surface area contributed by atoms with Crippen molar-refractivity contribution in [2.75, 3.05) is 0 Å². The zero-order valence-corrected chi connectivity index (χ0v) is 15.3. The summed E-state index contributed by atoms with van der Waals surface area (Å²) in [4.78, 5) is 18.2. The number of hydrogen-bond donors (Lipinski definition) is 0. The summed E-state index contributed by atoms with van der Waals surface area (Å²) in [6.07, 6.45) is 0.989. The Balaban J connectivity index is 1.70. The highest BCUT2D eigenvalue weighted by molar-refractivity contribution is 6.08. The van der Waals surface area contributed by atoms with Gasteiger partial charge < -0.3 is 0 Å². The highest BCUT2D eigenvalue weighted by Crippen LogP contribution is 2.56. The summed E-state index contributed by atoms with van der Waals surface area (Å²) in [5.41, 5.74) is 3.34. The Kier molecular flexibility index (Phi) is 3.92. The van der Waals surface area contributed by atoms with Gasteiger partial charge >= 0.3 is 0 Å². The number of nitro groups is 1. The number of rotatable bonds is 5. The van der Waals surface area contributed by atoms with Crippen LogP contribution in [0.1, 0.15) is 44.4 Å². The number of nitrogens with zero attached hydrogens (tertiary/aromatic N) is 3. The van der Waals surface area contributed by atoms with Crippen LogP contribution in [-0.4, -0.2) is 27.2 Å². The van der Waals surface area contributed by atoms with Crippen LogP contribution in [0.15, 0.2) is 59.6 Å². The molecular weight excluding hydrogens is 326 g/mol. The van der Waals surface area contributed by atoms with Gasteiger partial charge in [0, 0.05) is 12.1 Å². The first-order chi connectivity index (χ1) is 12.4. The summed E-state index contributed by atoms with van der Waals surface area (Å²) >= 11 is 0. The van der Waals surface area contributed by atoms with Gasteiger partial charge in [0.15, 0.2) is 0 Å². The molecule has 0 spiro atoms. The minimum absolute atomic E-state index is 0.136. The number of aliphatic imine (C=N–C) groups is 1. The molecule has 26 heavy (non-hydrogen) atoms. The monoisotopic (exact) mass is 349 g/mol. The third kappa shape index (κ3) is 2.72. The van der Waals surface area contributed by atoms with Crippen LogP contribution in [0.2, 0.25) is 0 Å². The summed E-state index contributed by atoms with van der Waals surface area (Å²) in [5.74, 6) is 0.539. The van der Waals surface area contributed by atoms with Gasteiger partial charge in [0.2, 0.25) is 0 Å². The Morgan fingerprint density at radius 3 is 2.35 bits per heavy atom. The van der Waals surface area contributed by atoms with E-state index < -0.39 is 0 Å². The molecule has 4 rings (SSSR count). The lowest BCUT2D eigenvalue weighted by molar-refractivity contribution is -0.384. The summed E-state index contributed by atoms with van der Waals surface area (Å²) in [6, 6.07) is 17.8. The highest BCUT2D eigenvalue weighted by atomic mass is 16.6. The molecule has 2 aliphatic rings. The van der Waals surface area contributed by atoms with Crippen molar-refractivity contribution >= 4 is 11.4 Å². The minimum atomic E-state index is -0.350. The molecule has 4 atom stereocenters. The first-order valence-corrected chi connectivity index (χ1v) is 9.09. The minimum Gasteiger partial charge on any atom is -0.265 e. The Hall–Kier alpha value is -2.53. The maximum atomic E-state index is 10.9. The lowest BCUT2D eigenvalue weighted by Crippen LogP contribution is -2.32. The van der Waals surface area contributed by atoms with Crippen molar-refractivity contribution in [2.24, 2.45) is 10.9 Å². The predicted octanol–water partition coefficient (Wildman–Crippen LogP) is 4.59. The second-order valence-corrected chi connectivity index (χ2v) is 7.82. The maximum absolute atomic E-state index is 10.9. The quantitative estimate of drug-likeness (QED) is 0.451. The van der Waals surface area contributed by atoms with Gasteiger partial charge in [0.25, 0.3) is 5.69 Å². The Bertz CT molecular complexity index is 861. The van der Waals surface area contributed by atoms with Gasteiger partial charge in [-0.2, -0.15) is 0 Å². The molecule has 5 nitrogen and oxygen atoms in total. The van der Waals surface area contributed by atoms with Gasteiger partial charge in [-0.05, 0) is 30.4 Å². The Morgan fingerprint density at radius 2 is 1.77 bits per heavy atom. The molecular formula is C21H23N3O2. The van der Waals surface area contributed by atoms with Crippen molar-refractivity contribution in [3.63, 3.8) is 0 Å². The third-order valence-corrected chi connectivity index (χ3v) is 5.32. The zero-order valence-electron chi connectivity index (χ0n) is 15.3. The second-order valence-electron chi connectivity index (χ2n) is 7.82. The van der Waals surface area contributed by atoms with Crippen LogP contribution in [0, 0.1) is 16.0 Å². The van der Waals surface area contributed by atoms with E-state index in [1.165, 1.54) is 5.56 Å². The topological polar surface area (TPSA) is 58.5 Å². The Labute approximate surface area is 153 Å². The van der Waals surface area contributed by atoms with Crippen molar-refractivity contribution in [3.05, 3.63) is 75.8 Å². The molecule has 0 bridgehead atoms. The molecule has 2 aromatic rings. The largest absolute Gasteiger partial charge is 0.269 e. The molecule has 0 N–H and O–H groups in total. The molecule has 2 aromatic carbocycles. The van der Waals surface area contributed by atoms with E-state index in [4.69, 9.17) is 4.99 Å². The standard InChI is InChI=1S/C21H23N3O2/c1-14(2)13-21(3)22-18(15-7-5-4-6-8-15)20-19(23(20)21)16-9-11-17(12-10-16)24(25)26/h4-12,14,19-20H,13H2,1-3H3. The molecule has 0 amide bonds. The first-order valence-electron chi connectivity index (χ1n) is 9.09. The highest BCUT2D eigenvalue weighted by Gasteiger charge is 2.63. The third-order valence-electron chi connectivity index (χ3n) is 5.32. The fourth-order valence-corrected chi connectivity index (χ4v) is 4.40. The van der Waals surface area contributed by atoms with Crippen LogP contribution >= 0.6 is 0 Å². The van der Waals surface area contributed by atoms with Crippen molar-refractivity contribution in [3.8, 4) is 0 Å². The molecule has 0 saturated carbocycles. The van der Waals surface area contributed by atoms with Crippen molar-refractivity contribution in [1.82, 2.24) is 4.90 Å². The molecule has 0 aromatic heterocycles. The van der Waals surface area contributed by atoms with Crippen molar-refractivity contribution in [1.29, 1.82) is 0 Å². The van der Waals surface area contributed by atoms with Gasteiger partial charge in [-0.3, -0.25) is 20.0 Å². The molecule has 2 aliphatic heterocycles. The van der Waals surface area contributed by atoms with Gasteiger partial charge in [-0.1, -0.05) is 56.3 Å². The number of nitro benzene ring substituents is 1. The maximum Gasteiger partial charge on any atom is 0.269 e. The van der Waals surface area contributed by atoms with Crippen LogP contribution in [-0.2, 0) is 0 Å². The van der Waals surface area contributed by atoms with Crippen LogP contribution in [0.25, 0.3) is 0 Å². The van der Waals surface area contributed by atoms with Gasteiger partial charge in [0.05, 0.1) is 22.7 Å². The number of fused-ring (bicyclic) bond motifs is 1. The average molecular weight is 349 g/mol. The number of benzene rings is 2. The van der Waals surface area contributed by atoms with Gasteiger partial charge in [-0.15, -0.1) is 0 Å². The van der Waals surface area contributed by atoms with E-state index in [0.717, 1.165) is 17.7 Å². The fraction of sp³-hybridized carbons (Fsp3) is 0.381. The van der Waals surface area contributed by atoms with Gasteiger partial charge in [-0.25, -0.2) is 0 Å². The summed E-state index contributed by atoms with van der Waals surface area (Å²) in [6.45, 7) is 6.66. The summed E-state index contributed by atoms with van der Waals surface area (Å²) in [5, 5.41) is 10.9. The van der Waals surface area contributed by atoms with E-state index in [2.05, 4.69) is 37.8 Å². The van der Waals surface area contributed by atoms with Crippen LogP contribution in [0.4, 0.5) is 5.69 Å². The fourth-order valence-electron chi connectivity index (χ4n) is 4.40. The molecule has 1 saturated heterocycles. The van der Waals surface area contributed by atoms with E-state index in [0.29, 0.717) is 5.92 Å². The van der Waals surface area contributed by atoms with Gasteiger partial charge in [0.1, 0.15) is 5.66 Å². The molecule has 1 fully saturated rings. The Morgan fingerprint density at radius 1 is 1.12 bits per heavy atom. The molecule has 4 unspecified atom stereocenters.